The molecule has 2 aromatic carbocycles. The highest BCUT2D eigenvalue weighted by molar-refractivity contribution is 7.89. The molecule has 0 aliphatic rings. The summed E-state index contributed by atoms with van der Waals surface area (Å²) in [5, 5.41) is 8.14. The van der Waals surface area contributed by atoms with Crippen LogP contribution in [0.2, 0.25) is 0 Å². The first-order valence-corrected chi connectivity index (χ1v) is 7.29. The van der Waals surface area contributed by atoms with Crippen LogP contribution in [0.3, 0.4) is 0 Å². The maximum atomic E-state index is 11.4. The van der Waals surface area contributed by atoms with E-state index in [0.717, 1.165) is 11.4 Å². The van der Waals surface area contributed by atoms with Gasteiger partial charge in [0.25, 0.3) is 0 Å². The van der Waals surface area contributed by atoms with Crippen molar-refractivity contribution < 1.29 is 13.2 Å². The monoisotopic (exact) mass is 293 g/mol. The summed E-state index contributed by atoms with van der Waals surface area (Å²) >= 11 is 0. The minimum absolute atomic E-state index is 0.0887. The largest absolute Gasteiger partial charge is 0.497 e. The Hall–Kier alpha value is -2.25. The third-order valence-corrected chi connectivity index (χ3v) is 3.71. The lowest BCUT2D eigenvalue weighted by Crippen LogP contribution is -2.15. The van der Waals surface area contributed by atoms with Gasteiger partial charge < -0.3 is 15.8 Å². The molecule has 0 saturated carbocycles. The van der Waals surface area contributed by atoms with Crippen LogP contribution in [0.4, 0.5) is 17.1 Å². The van der Waals surface area contributed by atoms with Crippen LogP contribution in [0.5, 0.6) is 5.75 Å². The zero-order valence-corrected chi connectivity index (χ0v) is 11.6. The van der Waals surface area contributed by atoms with Crippen LogP contribution in [-0.2, 0) is 10.0 Å². The molecule has 2 rings (SSSR count). The highest BCUT2D eigenvalue weighted by atomic mass is 32.2. The van der Waals surface area contributed by atoms with Gasteiger partial charge in [-0.05, 0) is 36.4 Å². The summed E-state index contributed by atoms with van der Waals surface area (Å²) < 4.78 is 27.8. The molecule has 0 bridgehead atoms. The Kier molecular flexibility index (Phi) is 3.82. The predicted octanol–water partition coefficient (Wildman–Crippen LogP) is 1.67. The van der Waals surface area contributed by atoms with Crippen LogP contribution in [0, 0.1) is 0 Å². The van der Waals surface area contributed by atoms with E-state index in [9.17, 15) is 8.42 Å². The number of nitrogens with one attached hydrogen (secondary N) is 1. The molecule has 5 N–H and O–H groups in total. The Morgan fingerprint density at radius 3 is 2.30 bits per heavy atom. The van der Waals surface area contributed by atoms with Crippen molar-refractivity contribution in [2.75, 3.05) is 18.2 Å². The van der Waals surface area contributed by atoms with Gasteiger partial charge in [0.1, 0.15) is 10.6 Å². The second-order valence-electron chi connectivity index (χ2n) is 4.12. The Labute approximate surface area is 117 Å². The fraction of sp³-hybridized carbons (Fsp3) is 0.0769. The van der Waals surface area contributed by atoms with Crippen molar-refractivity contribution in [2.24, 2.45) is 5.14 Å². The van der Waals surface area contributed by atoms with Gasteiger partial charge in [0.05, 0.1) is 18.5 Å². The highest BCUT2D eigenvalue weighted by Crippen LogP contribution is 2.29. The number of ether oxygens (including phenoxy) is 1. The van der Waals surface area contributed by atoms with Crippen molar-refractivity contribution in [3.63, 3.8) is 0 Å². The van der Waals surface area contributed by atoms with Crippen LogP contribution >= 0.6 is 0 Å². The first-order valence-electron chi connectivity index (χ1n) is 5.74. The molecular weight excluding hydrogens is 278 g/mol. The van der Waals surface area contributed by atoms with Crippen LogP contribution < -0.4 is 20.9 Å². The van der Waals surface area contributed by atoms with Gasteiger partial charge in [0, 0.05) is 5.69 Å². The lowest BCUT2D eigenvalue weighted by molar-refractivity contribution is 0.415. The SMILES string of the molecule is COc1ccc(Nc2cccc(S(N)(=O)=O)c2N)cc1. The number of nitrogens with two attached hydrogens (primary N) is 2. The maximum Gasteiger partial charge on any atom is 0.240 e. The minimum Gasteiger partial charge on any atom is -0.497 e. The summed E-state index contributed by atoms with van der Waals surface area (Å²) in [5.41, 5.74) is 7.14. The molecule has 0 heterocycles. The fourth-order valence-corrected chi connectivity index (χ4v) is 2.42. The molecule has 0 amide bonds. The first kappa shape index (κ1) is 14.2. The number of anilines is 3. The zero-order chi connectivity index (χ0) is 14.8. The Morgan fingerprint density at radius 1 is 1.10 bits per heavy atom. The highest BCUT2D eigenvalue weighted by Gasteiger charge is 2.14. The molecule has 0 fully saturated rings. The molecular formula is C13H15N3O3S. The molecule has 7 heteroatoms. The summed E-state index contributed by atoms with van der Waals surface area (Å²) in [7, 11) is -2.26. The molecule has 0 aliphatic heterocycles. The Bertz CT molecular complexity index is 712. The number of methoxy groups -OCH3 is 1. The molecule has 0 spiro atoms. The van der Waals surface area contributed by atoms with E-state index in [4.69, 9.17) is 15.6 Å². The molecule has 0 saturated heterocycles. The third-order valence-electron chi connectivity index (χ3n) is 2.74. The van der Waals surface area contributed by atoms with E-state index in [1.165, 1.54) is 6.07 Å². The Morgan fingerprint density at radius 2 is 1.75 bits per heavy atom. The van der Waals surface area contributed by atoms with Crippen molar-refractivity contribution in [1.29, 1.82) is 0 Å². The average Bonchev–Trinajstić information content (AvgIpc) is 2.40. The summed E-state index contributed by atoms with van der Waals surface area (Å²) in [4.78, 5) is -0.101. The Balaban J connectivity index is 2.34. The number of nitrogen functional groups attached to an aromatic ring is 1. The van der Waals surface area contributed by atoms with Gasteiger partial charge >= 0.3 is 0 Å². The van der Waals surface area contributed by atoms with Gasteiger partial charge in [-0.15, -0.1) is 0 Å². The van der Waals surface area contributed by atoms with E-state index in [1.807, 2.05) is 0 Å². The topological polar surface area (TPSA) is 107 Å². The molecule has 0 radical (unpaired) electrons. The van der Waals surface area contributed by atoms with Crippen LogP contribution in [0.1, 0.15) is 0 Å². The van der Waals surface area contributed by atoms with E-state index < -0.39 is 10.0 Å². The summed E-state index contributed by atoms with van der Waals surface area (Å²) in [6.07, 6.45) is 0. The third kappa shape index (κ3) is 3.01. The molecule has 20 heavy (non-hydrogen) atoms. The number of rotatable bonds is 4. The van der Waals surface area contributed by atoms with Crippen molar-refractivity contribution >= 4 is 27.1 Å². The van der Waals surface area contributed by atoms with Gasteiger partial charge in [0.2, 0.25) is 10.0 Å². The standard InChI is InChI=1S/C13H15N3O3S/c1-19-10-7-5-9(6-8-10)16-11-3-2-4-12(13(11)14)20(15,17)18/h2-8,16H,14H2,1H3,(H2,15,17,18). The van der Waals surface area contributed by atoms with Gasteiger partial charge in [-0.2, -0.15) is 0 Å². The second kappa shape index (κ2) is 5.40. The van der Waals surface area contributed by atoms with Gasteiger partial charge in [-0.3, -0.25) is 0 Å². The maximum absolute atomic E-state index is 11.4. The van der Waals surface area contributed by atoms with Gasteiger partial charge in [-0.1, -0.05) is 6.07 Å². The van der Waals surface area contributed by atoms with E-state index in [-0.39, 0.29) is 10.6 Å². The number of hydrogen-bond donors (Lipinski definition) is 3. The predicted molar refractivity (Wildman–Crippen MR) is 78.5 cm³/mol. The molecule has 0 unspecified atom stereocenters. The van der Waals surface area contributed by atoms with E-state index in [0.29, 0.717) is 5.69 Å². The minimum atomic E-state index is -3.84. The fourth-order valence-electron chi connectivity index (χ4n) is 1.73. The lowest BCUT2D eigenvalue weighted by Gasteiger charge is -2.12. The van der Waals surface area contributed by atoms with E-state index >= 15 is 0 Å². The van der Waals surface area contributed by atoms with Crippen molar-refractivity contribution in [3.8, 4) is 5.75 Å². The summed E-state index contributed by atoms with van der Waals surface area (Å²) in [6, 6.07) is 11.8. The second-order valence-corrected chi connectivity index (χ2v) is 5.65. The van der Waals surface area contributed by atoms with Crippen LogP contribution in [-0.4, -0.2) is 15.5 Å². The average molecular weight is 293 g/mol. The number of hydrogen-bond acceptors (Lipinski definition) is 5. The zero-order valence-electron chi connectivity index (χ0n) is 10.8. The summed E-state index contributed by atoms with van der Waals surface area (Å²) in [6.45, 7) is 0. The quantitative estimate of drug-likeness (QED) is 0.743. The van der Waals surface area contributed by atoms with Gasteiger partial charge in [-0.25, -0.2) is 13.6 Å². The summed E-state index contributed by atoms with van der Waals surface area (Å²) in [5.74, 6) is 0.724. The molecule has 106 valence electrons. The smallest absolute Gasteiger partial charge is 0.240 e. The number of sulfonamides is 1. The first-order chi connectivity index (χ1) is 9.41. The number of benzene rings is 2. The molecule has 0 aliphatic carbocycles. The molecule has 6 nitrogen and oxygen atoms in total. The van der Waals surface area contributed by atoms with Crippen molar-refractivity contribution in [2.45, 2.75) is 4.90 Å². The molecule has 0 aromatic heterocycles. The molecule has 2 aromatic rings. The van der Waals surface area contributed by atoms with Crippen LogP contribution in [0.25, 0.3) is 0 Å². The number of primary sulfonamides is 1. The number of para-hydroxylation sites is 1. The van der Waals surface area contributed by atoms with Crippen molar-refractivity contribution in [1.82, 2.24) is 0 Å². The van der Waals surface area contributed by atoms with Gasteiger partial charge in [0.15, 0.2) is 0 Å². The van der Waals surface area contributed by atoms with E-state index in [1.54, 1.807) is 43.5 Å². The van der Waals surface area contributed by atoms with Crippen molar-refractivity contribution in [3.05, 3.63) is 42.5 Å². The normalized spacial score (nSPS) is 11.1. The molecule has 0 atom stereocenters. The van der Waals surface area contributed by atoms with E-state index in [2.05, 4.69) is 5.32 Å². The van der Waals surface area contributed by atoms with Crippen LogP contribution in [0.15, 0.2) is 47.4 Å². The lowest BCUT2D eigenvalue weighted by atomic mass is 10.2.